The van der Waals surface area contributed by atoms with Gasteiger partial charge in [-0.1, -0.05) is 6.42 Å². The lowest BCUT2D eigenvalue weighted by atomic mass is 9.86. The van der Waals surface area contributed by atoms with Crippen LogP contribution in [0.3, 0.4) is 0 Å². The zero-order chi connectivity index (χ0) is 11.1. The Bertz CT molecular complexity index is 415. The van der Waals surface area contributed by atoms with Crippen molar-refractivity contribution in [3.8, 4) is 0 Å². The van der Waals surface area contributed by atoms with E-state index in [0.717, 1.165) is 18.3 Å². The van der Waals surface area contributed by atoms with Crippen LogP contribution in [0.15, 0.2) is 4.52 Å². The maximum Gasteiger partial charge on any atom is 0.377 e. The molecule has 3 unspecified atom stereocenters. The Morgan fingerprint density at radius 2 is 2.31 bits per heavy atom. The van der Waals surface area contributed by atoms with Crippen LogP contribution < -0.4 is 0 Å². The molecule has 16 heavy (non-hydrogen) atoms. The Labute approximate surface area is 92.8 Å². The van der Waals surface area contributed by atoms with Gasteiger partial charge in [0.05, 0.1) is 0 Å². The van der Waals surface area contributed by atoms with Crippen LogP contribution in [0.4, 0.5) is 0 Å². The Balaban J connectivity index is 1.68. The predicted molar refractivity (Wildman–Crippen MR) is 53.9 cm³/mol. The molecule has 86 valence electrons. The average Bonchev–Trinajstić information content (AvgIpc) is 2.91. The van der Waals surface area contributed by atoms with E-state index in [1.165, 1.54) is 25.7 Å². The van der Waals surface area contributed by atoms with Crippen LogP contribution in [0.5, 0.6) is 0 Å². The average molecular weight is 222 g/mol. The summed E-state index contributed by atoms with van der Waals surface area (Å²) >= 11 is 0. The number of aromatic carboxylic acids is 1. The zero-order valence-electron chi connectivity index (χ0n) is 8.93. The summed E-state index contributed by atoms with van der Waals surface area (Å²) in [6.07, 6.45) is 6.02. The second-order valence-electron chi connectivity index (χ2n) is 4.96. The van der Waals surface area contributed by atoms with Crippen molar-refractivity contribution in [2.75, 3.05) is 0 Å². The molecule has 3 atom stereocenters. The van der Waals surface area contributed by atoms with E-state index in [9.17, 15) is 4.79 Å². The normalized spacial score (nSPS) is 32.1. The third-order valence-corrected chi connectivity index (χ3v) is 3.98. The number of carboxylic acids is 1. The van der Waals surface area contributed by atoms with E-state index in [0.29, 0.717) is 11.8 Å². The standard InChI is InChI=1S/C11H14N2O3/c14-11(15)10-12-9(16-13-10)5-8-4-6-1-2-7(8)3-6/h6-8H,1-5H2,(H,14,15). The molecular formula is C11H14N2O3. The third-order valence-electron chi connectivity index (χ3n) is 3.98. The molecule has 0 spiro atoms. The third kappa shape index (κ3) is 1.60. The smallest absolute Gasteiger partial charge is 0.377 e. The summed E-state index contributed by atoms with van der Waals surface area (Å²) < 4.78 is 4.95. The fourth-order valence-electron chi connectivity index (χ4n) is 3.28. The SMILES string of the molecule is O=C(O)c1noc(CC2CC3CCC2C3)n1. The van der Waals surface area contributed by atoms with Gasteiger partial charge in [-0.25, -0.2) is 4.79 Å². The van der Waals surface area contributed by atoms with Crippen molar-refractivity contribution in [3.05, 3.63) is 11.7 Å². The molecule has 3 rings (SSSR count). The van der Waals surface area contributed by atoms with E-state index in [2.05, 4.69) is 10.1 Å². The van der Waals surface area contributed by atoms with Crippen LogP contribution in [-0.4, -0.2) is 21.2 Å². The molecule has 0 radical (unpaired) electrons. The minimum absolute atomic E-state index is 0.224. The zero-order valence-corrected chi connectivity index (χ0v) is 8.93. The minimum Gasteiger partial charge on any atom is -0.475 e. The van der Waals surface area contributed by atoms with Gasteiger partial charge in [0.1, 0.15) is 0 Å². The van der Waals surface area contributed by atoms with Crippen molar-refractivity contribution >= 4 is 5.97 Å². The van der Waals surface area contributed by atoms with Crippen molar-refractivity contribution in [3.63, 3.8) is 0 Å². The molecule has 2 saturated carbocycles. The first-order valence-corrected chi connectivity index (χ1v) is 5.78. The van der Waals surface area contributed by atoms with Gasteiger partial charge < -0.3 is 9.63 Å². The van der Waals surface area contributed by atoms with Crippen LogP contribution in [-0.2, 0) is 6.42 Å². The summed E-state index contributed by atoms with van der Waals surface area (Å²) in [5, 5.41) is 12.1. The number of fused-ring (bicyclic) bond motifs is 2. The van der Waals surface area contributed by atoms with E-state index in [1.54, 1.807) is 0 Å². The van der Waals surface area contributed by atoms with Crippen LogP contribution in [0.1, 0.15) is 42.2 Å². The van der Waals surface area contributed by atoms with E-state index in [4.69, 9.17) is 9.63 Å². The van der Waals surface area contributed by atoms with Crippen LogP contribution >= 0.6 is 0 Å². The Hall–Kier alpha value is -1.39. The summed E-state index contributed by atoms with van der Waals surface area (Å²) in [6, 6.07) is 0. The highest BCUT2D eigenvalue weighted by Gasteiger charge is 2.40. The lowest BCUT2D eigenvalue weighted by Crippen LogP contribution is -2.13. The second kappa shape index (κ2) is 3.57. The van der Waals surface area contributed by atoms with Crippen molar-refractivity contribution < 1.29 is 14.4 Å². The molecule has 2 bridgehead atoms. The van der Waals surface area contributed by atoms with Crippen molar-refractivity contribution in [2.24, 2.45) is 17.8 Å². The molecule has 2 aliphatic carbocycles. The first kappa shape index (κ1) is 9.81. The second-order valence-corrected chi connectivity index (χ2v) is 4.96. The number of rotatable bonds is 3. The van der Waals surface area contributed by atoms with Gasteiger partial charge in [-0.05, 0) is 42.2 Å². The molecule has 2 aliphatic rings. The molecule has 0 amide bonds. The maximum atomic E-state index is 10.6. The summed E-state index contributed by atoms with van der Waals surface area (Å²) in [5.74, 6) is 1.44. The maximum absolute atomic E-state index is 10.6. The topological polar surface area (TPSA) is 76.2 Å². The van der Waals surface area contributed by atoms with Gasteiger partial charge >= 0.3 is 5.97 Å². The number of aromatic nitrogens is 2. The molecular weight excluding hydrogens is 208 g/mol. The van der Waals surface area contributed by atoms with E-state index >= 15 is 0 Å². The molecule has 5 heteroatoms. The van der Waals surface area contributed by atoms with E-state index in [1.807, 2.05) is 0 Å². The number of hydrogen-bond acceptors (Lipinski definition) is 4. The van der Waals surface area contributed by atoms with E-state index < -0.39 is 5.97 Å². The van der Waals surface area contributed by atoms with Gasteiger partial charge in [0, 0.05) is 6.42 Å². The number of nitrogens with zero attached hydrogens (tertiary/aromatic N) is 2. The fourth-order valence-corrected chi connectivity index (χ4v) is 3.28. The van der Waals surface area contributed by atoms with Gasteiger partial charge in [-0.3, -0.25) is 0 Å². The molecule has 1 aromatic heterocycles. The lowest BCUT2D eigenvalue weighted by Gasteiger charge is -2.19. The number of carboxylic acid groups (broad SMARTS) is 1. The van der Waals surface area contributed by atoms with Crippen molar-refractivity contribution in [2.45, 2.75) is 32.1 Å². The van der Waals surface area contributed by atoms with Gasteiger partial charge in [-0.15, -0.1) is 0 Å². The fraction of sp³-hybridized carbons (Fsp3) is 0.727. The summed E-state index contributed by atoms with van der Waals surface area (Å²) in [7, 11) is 0. The highest BCUT2D eigenvalue weighted by atomic mass is 16.5. The van der Waals surface area contributed by atoms with Crippen molar-refractivity contribution in [1.82, 2.24) is 10.1 Å². The molecule has 0 saturated heterocycles. The Morgan fingerprint density at radius 1 is 1.44 bits per heavy atom. The van der Waals surface area contributed by atoms with Gasteiger partial charge in [0.2, 0.25) is 5.89 Å². The first-order chi connectivity index (χ1) is 7.72. The van der Waals surface area contributed by atoms with E-state index in [-0.39, 0.29) is 5.82 Å². The monoisotopic (exact) mass is 222 g/mol. The highest BCUT2D eigenvalue weighted by Crippen LogP contribution is 2.49. The first-order valence-electron chi connectivity index (χ1n) is 5.78. The van der Waals surface area contributed by atoms with Gasteiger partial charge in [0.15, 0.2) is 0 Å². The Kier molecular flexibility index (Phi) is 2.19. The van der Waals surface area contributed by atoms with Crippen LogP contribution in [0.2, 0.25) is 0 Å². The number of carbonyl (C=O) groups is 1. The number of hydrogen-bond donors (Lipinski definition) is 1. The molecule has 2 fully saturated rings. The van der Waals surface area contributed by atoms with Gasteiger partial charge in [-0.2, -0.15) is 4.98 Å². The molecule has 5 nitrogen and oxygen atoms in total. The lowest BCUT2D eigenvalue weighted by molar-refractivity contribution is 0.0680. The van der Waals surface area contributed by atoms with Crippen LogP contribution in [0.25, 0.3) is 0 Å². The Morgan fingerprint density at radius 3 is 2.88 bits per heavy atom. The molecule has 1 N–H and O–H groups in total. The predicted octanol–water partition coefficient (Wildman–Crippen LogP) is 1.75. The summed E-state index contributed by atoms with van der Waals surface area (Å²) in [4.78, 5) is 14.5. The van der Waals surface area contributed by atoms with Crippen molar-refractivity contribution in [1.29, 1.82) is 0 Å². The molecule has 0 aromatic carbocycles. The highest BCUT2D eigenvalue weighted by molar-refractivity contribution is 5.82. The summed E-state index contributed by atoms with van der Waals surface area (Å²) in [6.45, 7) is 0. The van der Waals surface area contributed by atoms with Gasteiger partial charge in [0.25, 0.3) is 5.82 Å². The molecule has 0 aliphatic heterocycles. The quantitative estimate of drug-likeness (QED) is 0.843. The minimum atomic E-state index is -1.12. The molecule has 1 aromatic rings. The summed E-state index contributed by atoms with van der Waals surface area (Å²) in [5.41, 5.74) is 0. The largest absolute Gasteiger partial charge is 0.475 e. The molecule has 1 heterocycles. The van der Waals surface area contributed by atoms with Crippen LogP contribution in [0, 0.1) is 17.8 Å².